The van der Waals surface area contributed by atoms with Gasteiger partial charge >= 0.3 is 5.97 Å². The average Bonchev–Trinajstić information content (AvgIpc) is 3.12. The van der Waals surface area contributed by atoms with Crippen molar-refractivity contribution in [3.05, 3.63) is 63.5 Å². The van der Waals surface area contributed by atoms with Crippen LogP contribution in [0.1, 0.15) is 34.8 Å². The monoisotopic (exact) mass is 406 g/mol. The molecule has 0 aliphatic heterocycles. The molecule has 1 atom stereocenters. The van der Waals surface area contributed by atoms with Crippen LogP contribution in [0.5, 0.6) is 5.75 Å². The third-order valence-corrected chi connectivity index (χ3v) is 4.37. The van der Waals surface area contributed by atoms with Crippen LogP contribution in [0.15, 0.2) is 40.8 Å². The van der Waals surface area contributed by atoms with Gasteiger partial charge in [0.15, 0.2) is 11.9 Å². The third-order valence-electron chi connectivity index (χ3n) is 3.81. The number of halogens is 2. The van der Waals surface area contributed by atoms with Crippen LogP contribution in [0.2, 0.25) is 10.0 Å². The molecule has 1 heterocycles. The van der Waals surface area contributed by atoms with Crippen molar-refractivity contribution in [2.75, 3.05) is 7.11 Å². The molecule has 0 amide bonds. The topological polar surface area (TPSA) is 74.5 Å². The average molecular weight is 407 g/mol. The first-order valence-corrected chi connectivity index (χ1v) is 8.79. The van der Waals surface area contributed by atoms with Crippen LogP contribution < -0.4 is 4.74 Å². The molecule has 1 aromatic heterocycles. The number of methoxy groups -OCH3 is 1. The third kappa shape index (κ3) is 4.23. The summed E-state index contributed by atoms with van der Waals surface area (Å²) in [5.41, 5.74) is 2.10. The Hall–Kier alpha value is -2.57. The zero-order valence-corrected chi connectivity index (χ0v) is 16.3. The molecule has 0 unspecified atom stereocenters. The largest absolute Gasteiger partial charge is 0.494 e. The van der Waals surface area contributed by atoms with Crippen LogP contribution in [0, 0.1) is 6.92 Å². The zero-order chi connectivity index (χ0) is 19.6. The number of nitrogens with zero attached hydrogens (tertiary/aromatic N) is 2. The summed E-state index contributed by atoms with van der Waals surface area (Å²) in [6.45, 7) is 3.62. The molecule has 0 saturated carbocycles. The standard InChI is InChI=1S/C19H16Cl2N2O4/c1-10-4-6-12(7-5-10)18-23-22-17(27-18)11(2)26-19(24)13-8-14(20)16(25-3)15(21)9-13/h4-9,11H,1-3H3/t11-/m0/s1. The molecule has 140 valence electrons. The highest BCUT2D eigenvalue weighted by atomic mass is 35.5. The van der Waals surface area contributed by atoms with Crippen LogP contribution in [-0.4, -0.2) is 23.3 Å². The maximum absolute atomic E-state index is 12.4. The van der Waals surface area contributed by atoms with Crippen molar-refractivity contribution in [1.29, 1.82) is 0 Å². The van der Waals surface area contributed by atoms with Gasteiger partial charge in [0, 0.05) is 5.56 Å². The summed E-state index contributed by atoms with van der Waals surface area (Å²) in [6.07, 6.45) is -0.746. The van der Waals surface area contributed by atoms with Crippen molar-refractivity contribution < 1.29 is 18.7 Å². The highest BCUT2D eigenvalue weighted by molar-refractivity contribution is 6.37. The summed E-state index contributed by atoms with van der Waals surface area (Å²) < 4.78 is 16.1. The molecule has 0 N–H and O–H groups in total. The number of hydrogen-bond acceptors (Lipinski definition) is 6. The quantitative estimate of drug-likeness (QED) is 0.536. The Bertz CT molecular complexity index is 947. The molecular weight excluding hydrogens is 391 g/mol. The maximum atomic E-state index is 12.4. The van der Waals surface area contributed by atoms with E-state index in [9.17, 15) is 4.79 Å². The molecule has 0 radical (unpaired) electrons. The Labute approximate surface area is 166 Å². The van der Waals surface area contributed by atoms with Gasteiger partial charge in [-0.2, -0.15) is 0 Å². The fourth-order valence-electron chi connectivity index (χ4n) is 2.36. The number of benzene rings is 2. The smallest absolute Gasteiger partial charge is 0.339 e. The predicted molar refractivity (Wildman–Crippen MR) is 101 cm³/mol. The Balaban J connectivity index is 1.75. The zero-order valence-electron chi connectivity index (χ0n) is 14.8. The van der Waals surface area contributed by atoms with Gasteiger partial charge in [-0.1, -0.05) is 40.9 Å². The van der Waals surface area contributed by atoms with E-state index in [4.69, 9.17) is 37.1 Å². The number of carbonyl (C=O) groups excluding carboxylic acids is 1. The second kappa shape index (κ2) is 7.98. The first kappa shape index (κ1) is 19.2. The van der Waals surface area contributed by atoms with Gasteiger partial charge in [0.1, 0.15) is 0 Å². The minimum absolute atomic E-state index is 0.185. The van der Waals surface area contributed by atoms with Gasteiger partial charge in [0.05, 0.1) is 22.7 Å². The van der Waals surface area contributed by atoms with Crippen molar-refractivity contribution in [2.24, 2.45) is 0 Å². The highest BCUT2D eigenvalue weighted by Gasteiger charge is 2.21. The lowest BCUT2D eigenvalue weighted by Gasteiger charge is -2.11. The number of hydrogen-bond donors (Lipinski definition) is 0. The molecule has 0 saturated heterocycles. The molecule has 27 heavy (non-hydrogen) atoms. The van der Waals surface area contributed by atoms with Gasteiger partial charge in [-0.05, 0) is 38.1 Å². The Kier molecular flexibility index (Phi) is 5.68. The number of carbonyl (C=O) groups is 1. The fourth-order valence-corrected chi connectivity index (χ4v) is 3.00. The summed E-state index contributed by atoms with van der Waals surface area (Å²) >= 11 is 12.1. The molecule has 3 rings (SSSR count). The molecule has 0 spiro atoms. The molecule has 0 fully saturated rings. The molecule has 0 aliphatic carbocycles. The summed E-state index contributed by atoms with van der Waals surface area (Å²) in [6, 6.07) is 10.5. The van der Waals surface area contributed by atoms with Gasteiger partial charge in [-0.15, -0.1) is 10.2 Å². The van der Waals surface area contributed by atoms with E-state index in [0.717, 1.165) is 11.1 Å². The van der Waals surface area contributed by atoms with Gasteiger partial charge in [-0.3, -0.25) is 0 Å². The van der Waals surface area contributed by atoms with E-state index < -0.39 is 12.1 Å². The van der Waals surface area contributed by atoms with Gasteiger partial charge in [-0.25, -0.2) is 4.79 Å². The first-order chi connectivity index (χ1) is 12.9. The van der Waals surface area contributed by atoms with Crippen molar-refractivity contribution in [2.45, 2.75) is 20.0 Å². The minimum Gasteiger partial charge on any atom is -0.494 e. The Morgan fingerprint density at radius 1 is 1.11 bits per heavy atom. The predicted octanol–water partition coefficient (Wildman–Crippen LogP) is 5.28. The molecular formula is C19H16Cl2N2O4. The van der Waals surface area contributed by atoms with Crippen molar-refractivity contribution in [1.82, 2.24) is 10.2 Å². The van der Waals surface area contributed by atoms with Crippen LogP contribution >= 0.6 is 23.2 Å². The van der Waals surface area contributed by atoms with Crippen molar-refractivity contribution in [3.8, 4) is 17.2 Å². The molecule has 0 bridgehead atoms. The SMILES string of the molecule is COc1c(Cl)cc(C(=O)O[C@@H](C)c2nnc(-c3ccc(C)cc3)o2)cc1Cl. The fraction of sp³-hybridized carbons (Fsp3) is 0.211. The summed E-state index contributed by atoms with van der Waals surface area (Å²) in [7, 11) is 1.44. The lowest BCUT2D eigenvalue weighted by Crippen LogP contribution is -2.10. The van der Waals surface area contributed by atoms with E-state index >= 15 is 0 Å². The summed E-state index contributed by atoms with van der Waals surface area (Å²) in [4.78, 5) is 12.4. The van der Waals surface area contributed by atoms with E-state index in [0.29, 0.717) is 11.6 Å². The first-order valence-electron chi connectivity index (χ1n) is 8.03. The van der Waals surface area contributed by atoms with E-state index in [1.807, 2.05) is 31.2 Å². The van der Waals surface area contributed by atoms with Crippen LogP contribution in [0.25, 0.3) is 11.5 Å². The van der Waals surface area contributed by atoms with Crippen LogP contribution in [0.4, 0.5) is 0 Å². The molecule has 6 nitrogen and oxygen atoms in total. The summed E-state index contributed by atoms with van der Waals surface area (Å²) in [5.74, 6) is 0.208. The highest BCUT2D eigenvalue weighted by Crippen LogP contribution is 2.34. The van der Waals surface area contributed by atoms with Crippen molar-refractivity contribution >= 4 is 29.2 Å². The normalized spacial score (nSPS) is 11.9. The number of aryl methyl sites for hydroxylation is 1. The lowest BCUT2D eigenvalue weighted by molar-refractivity contribution is 0.0280. The Morgan fingerprint density at radius 2 is 1.74 bits per heavy atom. The van der Waals surface area contributed by atoms with Crippen molar-refractivity contribution in [3.63, 3.8) is 0 Å². The Morgan fingerprint density at radius 3 is 2.33 bits per heavy atom. The number of aromatic nitrogens is 2. The van der Waals surface area contributed by atoms with E-state index in [1.165, 1.54) is 19.2 Å². The van der Waals surface area contributed by atoms with Gasteiger partial charge < -0.3 is 13.9 Å². The summed E-state index contributed by atoms with van der Waals surface area (Å²) in [5, 5.41) is 8.38. The maximum Gasteiger partial charge on any atom is 0.339 e. The van der Waals surface area contributed by atoms with E-state index in [-0.39, 0.29) is 21.5 Å². The minimum atomic E-state index is -0.746. The second-order valence-electron chi connectivity index (χ2n) is 5.83. The molecule has 2 aromatic carbocycles. The van der Waals surface area contributed by atoms with E-state index in [2.05, 4.69) is 10.2 Å². The molecule has 0 aliphatic rings. The van der Waals surface area contributed by atoms with Crippen LogP contribution in [0.3, 0.4) is 0 Å². The van der Waals surface area contributed by atoms with E-state index in [1.54, 1.807) is 6.92 Å². The lowest BCUT2D eigenvalue weighted by atomic mass is 10.1. The second-order valence-corrected chi connectivity index (χ2v) is 6.65. The number of ether oxygens (including phenoxy) is 2. The number of esters is 1. The van der Waals surface area contributed by atoms with Gasteiger partial charge in [0.25, 0.3) is 5.89 Å². The van der Waals surface area contributed by atoms with Crippen LogP contribution in [-0.2, 0) is 4.74 Å². The number of rotatable bonds is 5. The van der Waals surface area contributed by atoms with Gasteiger partial charge in [0.2, 0.25) is 5.89 Å². The molecule has 3 aromatic rings. The molecule has 8 heteroatoms.